The number of hydrogen-bond acceptors (Lipinski definition) is 4. The van der Waals surface area contributed by atoms with Crippen LogP contribution in [-0.2, 0) is 6.54 Å². The van der Waals surface area contributed by atoms with Crippen LogP contribution in [0.2, 0.25) is 0 Å². The van der Waals surface area contributed by atoms with Gasteiger partial charge in [-0.2, -0.15) is 0 Å². The summed E-state index contributed by atoms with van der Waals surface area (Å²) in [5.74, 6) is 1.41. The van der Waals surface area contributed by atoms with E-state index in [0.717, 1.165) is 27.1 Å². The third-order valence-corrected chi connectivity index (χ3v) is 5.63. The van der Waals surface area contributed by atoms with Crippen molar-refractivity contribution in [2.75, 3.05) is 14.2 Å². The zero-order chi connectivity index (χ0) is 20.2. The van der Waals surface area contributed by atoms with Crippen LogP contribution in [0, 0.1) is 0 Å². The molecule has 0 aliphatic carbocycles. The topological polar surface area (TPSA) is 35.8 Å². The molecule has 0 unspecified atom stereocenters. The molecule has 4 rings (SSSR count). The Morgan fingerprint density at radius 1 is 1.00 bits per heavy atom. The Kier molecular flexibility index (Phi) is 7.13. The fourth-order valence-electron chi connectivity index (χ4n) is 3.36. The molecular formula is C24H22BrN2O2S-. The SMILES string of the molecule is C=CCn1c(-c2ccc(OC)c(OC)c2)csc1=Nc1cccc2ccccc12.[Br-]. The van der Waals surface area contributed by atoms with Crippen molar-refractivity contribution in [2.45, 2.75) is 6.54 Å². The van der Waals surface area contributed by atoms with Crippen LogP contribution in [0.5, 0.6) is 11.5 Å². The minimum absolute atomic E-state index is 0. The summed E-state index contributed by atoms with van der Waals surface area (Å²) in [5, 5.41) is 4.44. The molecule has 0 saturated carbocycles. The van der Waals surface area contributed by atoms with Gasteiger partial charge in [-0.15, -0.1) is 17.9 Å². The standard InChI is InChI=1S/C24H22N2O2S.BrH/c1-4-14-26-21(18-12-13-22(27-2)23(15-18)28-3)16-29-24(26)25-20-11-7-9-17-8-5-6-10-19(17)20;/h4-13,15-16H,1,14H2,2-3H3;1H/p-1. The lowest BCUT2D eigenvalue weighted by Crippen LogP contribution is -3.00. The van der Waals surface area contributed by atoms with Crippen molar-refractivity contribution in [3.05, 3.63) is 83.5 Å². The lowest BCUT2D eigenvalue weighted by atomic mass is 10.1. The van der Waals surface area contributed by atoms with Crippen LogP contribution in [-0.4, -0.2) is 18.8 Å². The summed E-state index contributed by atoms with van der Waals surface area (Å²) in [6.45, 7) is 4.59. The van der Waals surface area contributed by atoms with Crippen LogP contribution in [0.4, 0.5) is 5.69 Å². The molecule has 3 aromatic carbocycles. The van der Waals surface area contributed by atoms with E-state index in [2.05, 4.69) is 40.8 Å². The van der Waals surface area contributed by atoms with E-state index < -0.39 is 0 Å². The monoisotopic (exact) mass is 481 g/mol. The number of nitrogens with zero attached hydrogens (tertiary/aromatic N) is 2. The van der Waals surface area contributed by atoms with Gasteiger partial charge in [0.2, 0.25) is 0 Å². The first-order valence-corrected chi connectivity index (χ1v) is 10.2. The number of thiazole rings is 1. The van der Waals surface area contributed by atoms with Crippen molar-refractivity contribution < 1.29 is 26.5 Å². The predicted molar refractivity (Wildman–Crippen MR) is 120 cm³/mol. The smallest absolute Gasteiger partial charge is 0.190 e. The van der Waals surface area contributed by atoms with Gasteiger partial charge in [0.05, 0.1) is 25.6 Å². The first kappa shape index (κ1) is 21.9. The Bertz CT molecular complexity index is 1240. The van der Waals surface area contributed by atoms with Crippen LogP contribution in [0.3, 0.4) is 0 Å². The summed E-state index contributed by atoms with van der Waals surface area (Å²) < 4.78 is 13.0. The lowest BCUT2D eigenvalue weighted by Gasteiger charge is -2.11. The van der Waals surface area contributed by atoms with Crippen LogP contribution in [0.1, 0.15) is 0 Å². The van der Waals surface area contributed by atoms with E-state index in [1.165, 1.54) is 5.39 Å². The third-order valence-electron chi connectivity index (χ3n) is 4.77. The van der Waals surface area contributed by atoms with Crippen LogP contribution >= 0.6 is 11.3 Å². The minimum atomic E-state index is 0. The van der Waals surface area contributed by atoms with E-state index >= 15 is 0 Å². The summed E-state index contributed by atoms with van der Waals surface area (Å²) in [6.07, 6.45) is 1.89. The fraction of sp³-hybridized carbons (Fsp3) is 0.125. The number of hydrogen-bond donors (Lipinski definition) is 0. The number of rotatable bonds is 6. The normalized spacial score (nSPS) is 11.2. The van der Waals surface area contributed by atoms with E-state index in [4.69, 9.17) is 14.5 Å². The quantitative estimate of drug-likeness (QED) is 0.397. The van der Waals surface area contributed by atoms with Crippen LogP contribution in [0.25, 0.3) is 22.0 Å². The summed E-state index contributed by atoms with van der Waals surface area (Å²) in [5.41, 5.74) is 3.07. The molecule has 4 nitrogen and oxygen atoms in total. The van der Waals surface area contributed by atoms with E-state index in [9.17, 15) is 0 Å². The molecule has 1 heterocycles. The second-order valence-electron chi connectivity index (χ2n) is 6.48. The molecule has 0 fully saturated rings. The number of allylic oxidation sites excluding steroid dienone is 1. The highest BCUT2D eigenvalue weighted by Crippen LogP contribution is 2.33. The van der Waals surface area contributed by atoms with Gasteiger partial charge in [0.15, 0.2) is 16.3 Å². The van der Waals surface area contributed by atoms with Gasteiger partial charge in [0, 0.05) is 22.9 Å². The van der Waals surface area contributed by atoms with Crippen molar-refractivity contribution in [3.63, 3.8) is 0 Å². The van der Waals surface area contributed by atoms with Crippen molar-refractivity contribution in [1.29, 1.82) is 0 Å². The maximum absolute atomic E-state index is 5.47. The Balaban J connectivity index is 0.00000256. The van der Waals surface area contributed by atoms with Gasteiger partial charge < -0.3 is 31.0 Å². The molecule has 0 spiro atoms. The molecule has 0 bridgehead atoms. The lowest BCUT2D eigenvalue weighted by molar-refractivity contribution is -0.00000621. The molecule has 0 saturated heterocycles. The Labute approximate surface area is 190 Å². The molecule has 0 aliphatic heterocycles. The number of fused-ring (bicyclic) bond motifs is 1. The van der Waals surface area contributed by atoms with Crippen LogP contribution in [0.15, 0.2) is 83.7 Å². The molecule has 1 aromatic heterocycles. The summed E-state index contributed by atoms with van der Waals surface area (Å²) in [4.78, 5) is 5.91. The number of methoxy groups -OCH3 is 2. The zero-order valence-electron chi connectivity index (χ0n) is 16.8. The van der Waals surface area contributed by atoms with E-state index in [-0.39, 0.29) is 17.0 Å². The minimum Gasteiger partial charge on any atom is -1.00 e. The van der Waals surface area contributed by atoms with Crippen LogP contribution < -0.4 is 31.3 Å². The molecule has 30 heavy (non-hydrogen) atoms. The Morgan fingerprint density at radius 3 is 2.53 bits per heavy atom. The van der Waals surface area contributed by atoms with Gasteiger partial charge in [-0.3, -0.25) is 0 Å². The molecule has 0 amide bonds. The van der Waals surface area contributed by atoms with Crippen molar-refractivity contribution >= 4 is 27.8 Å². The second-order valence-corrected chi connectivity index (χ2v) is 7.32. The van der Waals surface area contributed by atoms with E-state index in [1.807, 2.05) is 42.5 Å². The number of ether oxygens (including phenoxy) is 2. The van der Waals surface area contributed by atoms with Gasteiger partial charge in [-0.05, 0) is 29.7 Å². The summed E-state index contributed by atoms with van der Waals surface area (Å²) >= 11 is 1.61. The summed E-state index contributed by atoms with van der Waals surface area (Å²) in [6, 6.07) is 20.4. The number of halogens is 1. The fourth-order valence-corrected chi connectivity index (χ4v) is 4.29. The highest BCUT2D eigenvalue weighted by molar-refractivity contribution is 7.07. The van der Waals surface area contributed by atoms with E-state index in [0.29, 0.717) is 18.0 Å². The predicted octanol–water partition coefficient (Wildman–Crippen LogP) is 2.81. The van der Waals surface area contributed by atoms with Crippen molar-refractivity contribution in [1.82, 2.24) is 4.57 Å². The first-order valence-electron chi connectivity index (χ1n) is 9.29. The number of benzene rings is 3. The van der Waals surface area contributed by atoms with Gasteiger partial charge in [-0.25, -0.2) is 4.99 Å². The van der Waals surface area contributed by atoms with Gasteiger partial charge in [-0.1, -0.05) is 42.5 Å². The molecule has 0 radical (unpaired) electrons. The zero-order valence-corrected chi connectivity index (χ0v) is 19.2. The molecule has 6 heteroatoms. The first-order chi connectivity index (χ1) is 14.2. The third kappa shape index (κ3) is 4.20. The van der Waals surface area contributed by atoms with E-state index in [1.54, 1.807) is 25.6 Å². The highest BCUT2D eigenvalue weighted by atomic mass is 79.9. The number of aromatic nitrogens is 1. The Morgan fingerprint density at radius 2 is 1.77 bits per heavy atom. The Hall–Kier alpha value is -2.83. The molecular weight excluding hydrogens is 460 g/mol. The highest BCUT2D eigenvalue weighted by Gasteiger charge is 2.11. The molecule has 0 N–H and O–H groups in total. The molecule has 4 aromatic rings. The second kappa shape index (κ2) is 9.78. The maximum Gasteiger partial charge on any atom is 0.190 e. The molecule has 0 atom stereocenters. The van der Waals surface area contributed by atoms with Crippen molar-refractivity contribution in [3.8, 4) is 22.8 Å². The molecule has 0 aliphatic rings. The maximum atomic E-state index is 5.47. The van der Waals surface area contributed by atoms with Gasteiger partial charge in [0.1, 0.15) is 0 Å². The molecule has 154 valence electrons. The summed E-state index contributed by atoms with van der Waals surface area (Å²) in [7, 11) is 3.29. The average molecular weight is 482 g/mol. The van der Waals surface area contributed by atoms with Crippen molar-refractivity contribution in [2.24, 2.45) is 4.99 Å². The average Bonchev–Trinajstić information content (AvgIpc) is 3.16. The van der Waals surface area contributed by atoms with Gasteiger partial charge >= 0.3 is 0 Å². The largest absolute Gasteiger partial charge is 1.00 e. The van der Waals surface area contributed by atoms with Gasteiger partial charge in [0.25, 0.3) is 0 Å².